The molecular formula is C11H18N4. The van der Waals surface area contributed by atoms with Crippen molar-refractivity contribution in [2.45, 2.75) is 32.2 Å². The minimum Gasteiger partial charge on any atom is -0.271 e. The normalized spacial score (nSPS) is 12.4. The number of aromatic nitrogens is 2. The Kier molecular flexibility index (Phi) is 4.93. The predicted molar refractivity (Wildman–Crippen MR) is 60.9 cm³/mol. The zero-order chi connectivity index (χ0) is 11.1. The third-order valence-electron chi connectivity index (χ3n) is 2.21. The fraction of sp³-hybridized carbons (Fsp3) is 0.455. The van der Waals surface area contributed by atoms with Crippen molar-refractivity contribution in [3.8, 4) is 0 Å². The first-order chi connectivity index (χ1) is 7.27. The number of hydrazine groups is 1. The van der Waals surface area contributed by atoms with Gasteiger partial charge in [-0.25, -0.2) is 15.4 Å². The minimum absolute atomic E-state index is 0.0329. The first-order valence-electron chi connectivity index (χ1n) is 5.13. The molecule has 4 heteroatoms. The number of unbranched alkanes of at least 4 members (excludes halogenated alkanes) is 1. The van der Waals surface area contributed by atoms with E-state index >= 15 is 0 Å². The van der Waals surface area contributed by atoms with E-state index in [4.69, 9.17) is 5.84 Å². The number of rotatable bonds is 6. The monoisotopic (exact) mass is 206 g/mol. The molecule has 0 aliphatic heterocycles. The van der Waals surface area contributed by atoms with Crippen molar-refractivity contribution in [2.24, 2.45) is 5.84 Å². The van der Waals surface area contributed by atoms with Crippen LogP contribution in [0.3, 0.4) is 0 Å². The Morgan fingerprint density at radius 1 is 1.53 bits per heavy atom. The van der Waals surface area contributed by atoms with E-state index in [-0.39, 0.29) is 6.04 Å². The van der Waals surface area contributed by atoms with Crippen LogP contribution in [0.25, 0.3) is 0 Å². The molecule has 1 unspecified atom stereocenters. The molecule has 15 heavy (non-hydrogen) atoms. The van der Waals surface area contributed by atoms with Crippen LogP contribution < -0.4 is 11.3 Å². The third-order valence-corrected chi connectivity index (χ3v) is 2.21. The summed E-state index contributed by atoms with van der Waals surface area (Å²) in [5.41, 5.74) is 3.79. The van der Waals surface area contributed by atoms with Crippen LogP contribution in [0.4, 0.5) is 0 Å². The van der Waals surface area contributed by atoms with Crippen LogP contribution in [0.15, 0.2) is 25.0 Å². The van der Waals surface area contributed by atoms with Gasteiger partial charge in [0.1, 0.15) is 5.82 Å². The zero-order valence-corrected chi connectivity index (χ0v) is 9.11. The zero-order valence-electron chi connectivity index (χ0n) is 9.11. The minimum atomic E-state index is 0.0329. The number of hydrogen-bond acceptors (Lipinski definition) is 4. The Balaban J connectivity index is 2.57. The van der Waals surface area contributed by atoms with Crippen LogP contribution in [-0.2, 0) is 0 Å². The quantitative estimate of drug-likeness (QED) is 0.321. The average Bonchev–Trinajstić information content (AvgIpc) is 2.26. The summed E-state index contributed by atoms with van der Waals surface area (Å²) < 4.78 is 0. The largest absolute Gasteiger partial charge is 0.271 e. The van der Waals surface area contributed by atoms with Crippen molar-refractivity contribution in [3.05, 3.63) is 36.4 Å². The number of nitrogens with one attached hydrogen (secondary N) is 1. The summed E-state index contributed by atoms with van der Waals surface area (Å²) in [7, 11) is 0. The Hall–Kier alpha value is -1.26. The molecule has 0 spiro atoms. The Morgan fingerprint density at radius 2 is 2.20 bits per heavy atom. The summed E-state index contributed by atoms with van der Waals surface area (Å²) >= 11 is 0. The fourth-order valence-corrected chi connectivity index (χ4v) is 1.34. The standard InChI is InChI=1S/C11H18N4/c1-3-4-5-6-10(15-12)11-13-7-9(2)8-14-11/h3,7-8,10,15H,1,4-6,12H2,2H3. The highest BCUT2D eigenvalue weighted by molar-refractivity contribution is 5.04. The molecule has 0 saturated carbocycles. The second-order valence-corrected chi connectivity index (χ2v) is 3.56. The molecule has 0 aliphatic carbocycles. The molecule has 1 aromatic heterocycles. The molecule has 0 fully saturated rings. The van der Waals surface area contributed by atoms with Gasteiger partial charge in [0.05, 0.1) is 6.04 Å². The van der Waals surface area contributed by atoms with E-state index in [0.29, 0.717) is 0 Å². The third kappa shape index (κ3) is 3.77. The molecule has 1 rings (SSSR count). The van der Waals surface area contributed by atoms with E-state index in [2.05, 4.69) is 22.0 Å². The van der Waals surface area contributed by atoms with Gasteiger partial charge in [-0.2, -0.15) is 0 Å². The van der Waals surface area contributed by atoms with Gasteiger partial charge in [0.2, 0.25) is 0 Å². The summed E-state index contributed by atoms with van der Waals surface area (Å²) in [5, 5.41) is 0. The molecule has 0 aliphatic rings. The average molecular weight is 206 g/mol. The van der Waals surface area contributed by atoms with Crippen molar-refractivity contribution in [1.29, 1.82) is 0 Å². The van der Waals surface area contributed by atoms with E-state index in [1.807, 2.05) is 13.0 Å². The van der Waals surface area contributed by atoms with E-state index in [9.17, 15) is 0 Å². The lowest BCUT2D eigenvalue weighted by Gasteiger charge is -2.13. The molecule has 4 nitrogen and oxygen atoms in total. The van der Waals surface area contributed by atoms with E-state index < -0.39 is 0 Å². The molecule has 0 saturated heterocycles. The van der Waals surface area contributed by atoms with Gasteiger partial charge >= 0.3 is 0 Å². The van der Waals surface area contributed by atoms with Crippen LogP contribution in [0.2, 0.25) is 0 Å². The summed E-state index contributed by atoms with van der Waals surface area (Å²) in [5.74, 6) is 6.23. The molecule has 0 aromatic carbocycles. The molecule has 3 N–H and O–H groups in total. The first-order valence-corrected chi connectivity index (χ1v) is 5.13. The SMILES string of the molecule is C=CCCCC(NN)c1ncc(C)cn1. The molecular weight excluding hydrogens is 188 g/mol. The number of hydrogen-bond donors (Lipinski definition) is 2. The molecule has 0 amide bonds. The summed E-state index contributed by atoms with van der Waals surface area (Å²) in [6.45, 7) is 5.65. The Bertz CT molecular complexity index is 294. The van der Waals surface area contributed by atoms with E-state index in [1.54, 1.807) is 12.4 Å². The van der Waals surface area contributed by atoms with Crippen LogP contribution >= 0.6 is 0 Å². The van der Waals surface area contributed by atoms with Gasteiger partial charge in [-0.05, 0) is 31.7 Å². The lowest BCUT2D eigenvalue weighted by molar-refractivity contribution is 0.477. The van der Waals surface area contributed by atoms with Crippen LogP contribution in [0, 0.1) is 6.92 Å². The molecule has 0 radical (unpaired) electrons. The summed E-state index contributed by atoms with van der Waals surface area (Å²) in [6.07, 6.45) is 8.47. The maximum Gasteiger partial charge on any atom is 0.146 e. The highest BCUT2D eigenvalue weighted by Crippen LogP contribution is 2.14. The maximum absolute atomic E-state index is 5.47. The Labute approximate surface area is 90.6 Å². The van der Waals surface area contributed by atoms with Gasteiger partial charge in [0, 0.05) is 12.4 Å². The van der Waals surface area contributed by atoms with Gasteiger partial charge in [0.25, 0.3) is 0 Å². The first kappa shape index (κ1) is 11.8. The van der Waals surface area contributed by atoms with Crippen molar-refractivity contribution >= 4 is 0 Å². The van der Waals surface area contributed by atoms with Gasteiger partial charge in [-0.3, -0.25) is 5.84 Å². The van der Waals surface area contributed by atoms with Crippen LogP contribution in [0.1, 0.15) is 36.7 Å². The lowest BCUT2D eigenvalue weighted by atomic mass is 10.1. The maximum atomic E-state index is 5.47. The van der Waals surface area contributed by atoms with E-state index in [0.717, 1.165) is 30.7 Å². The molecule has 1 atom stereocenters. The van der Waals surface area contributed by atoms with Gasteiger partial charge in [-0.15, -0.1) is 6.58 Å². The van der Waals surface area contributed by atoms with Gasteiger partial charge in [-0.1, -0.05) is 6.08 Å². The molecule has 0 bridgehead atoms. The predicted octanol–water partition coefficient (Wildman–Crippen LogP) is 1.65. The van der Waals surface area contributed by atoms with Crippen LogP contribution in [0.5, 0.6) is 0 Å². The smallest absolute Gasteiger partial charge is 0.146 e. The van der Waals surface area contributed by atoms with Crippen LogP contribution in [-0.4, -0.2) is 9.97 Å². The molecule has 1 aromatic rings. The number of nitrogens with zero attached hydrogens (tertiary/aromatic N) is 2. The van der Waals surface area contributed by atoms with E-state index in [1.165, 1.54) is 0 Å². The van der Waals surface area contributed by atoms with Gasteiger partial charge < -0.3 is 0 Å². The highest BCUT2D eigenvalue weighted by Gasteiger charge is 2.11. The molecule has 82 valence electrons. The number of aryl methyl sites for hydroxylation is 1. The van der Waals surface area contributed by atoms with Crippen molar-refractivity contribution < 1.29 is 0 Å². The fourth-order valence-electron chi connectivity index (χ4n) is 1.34. The second kappa shape index (κ2) is 6.27. The number of nitrogens with two attached hydrogens (primary N) is 1. The van der Waals surface area contributed by atoms with Gasteiger partial charge in [0.15, 0.2) is 0 Å². The summed E-state index contributed by atoms with van der Waals surface area (Å²) in [6, 6.07) is 0.0329. The van der Waals surface area contributed by atoms with Crippen molar-refractivity contribution in [2.75, 3.05) is 0 Å². The second-order valence-electron chi connectivity index (χ2n) is 3.56. The highest BCUT2D eigenvalue weighted by atomic mass is 15.2. The number of allylic oxidation sites excluding steroid dienone is 1. The lowest BCUT2D eigenvalue weighted by Crippen LogP contribution is -2.29. The Morgan fingerprint density at radius 3 is 2.73 bits per heavy atom. The molecule has 1 heterocycles. The topological polar surface area (TPSA) is 63.8 Å². The van der Waals surface area contributed by atoms with Crippen molar-refractivity contribution in [3.63, 3.8) is 0 Å². The summed E-state index contributed by atoms with van der Waals surface area (Å²) in [4.78, 5) is 8.50. The van der Waals surface area contributed by atoms with Crippen molar-refractivity contribution in [1.82, 2.24) is 15.4 Å².